The van der Waals surface area contributed by atoms with E-state index in [9.17, 15) is 18.8 Å². The molecule has 0 fully saturated rings. The number of carbonyl (C=O) groups excluding carboxylic acids is 3. The molecule has 7 heteroatoms. The molecule has 5 nitrogen and oxygen atoms in total. The molecule has 0 spiro atoms. The molecule has 1 amide bonds. The van der Waals surface area contributed by atoms with Crippen molar-refractivity contribution in [2.45, 2.75) is 0 Å². The third kappa shape index (κ3) is 1.84. The number of hydrogen-bond donors (Lipinski definition) is 0. The summed E-state index contributed by atoms with van der Waals surface area (Å²) in [7, 11) is 1.15. The SMILES string of the molecule is COC(=O)CN1C(=O)C(=O)c2cc(Cl)c(F)cc21. The Morgan fingerprint density at radius 3 is 2.72 bits per heavy atom. The Labute approximate surface area is 106 Å². The van der Waals surface area contributed by atoms with E-state index < -0.39 is 30.0 Å². The van der Waals surface area contributed by atoms with Gasteiger partial charge in [0.05, 0.1) is 23.4 Å². The third-order valence-electron chi connectivity index (χ3n) is 2.53. The van der Waals surface area contributed by atoms with E-state index in [2.05, 4.69) is 4.74 Å². The van der Waals surface area contributed by atoms with Crippen LogP contribution in [0.2, 0.25) is 5.02 Å². The molecular formula is C11H7ClFNO4. The van der Waals surface area contributed by atoms with Gasteiger partial charge in [-0.15, -0.1) is 0 Å². The van der Waals surface area contributed by atoms with E-state index in [-0.39, 0.29) is 16.3 Å². The van der Waals surface area contributed by atoms with Crippen LogP contribution in [0, 0.1) is 5.82 Å². The number of carbonyl (C=O) groups is 3. The monoisotopic (exact) mass is 271 g/mol. The maximum absolute atomic E-state index is 13.3. The minimum Gasteiger partial charge on any atom is -0.468 e. The molecule has 0 saturated heterocycles. The first-order valence-electron chi connectivity index (χ1n) is 4.87. The Balaban J connectivity index is 2.48. The second kappa shape index (κ2) is 4.38. The van der Waals surface area contributed by atoms with E-state index in [0.29, 0.717) is 0 Å². The highest BCUT2D eigenvalue weighted by Gasteiger charge is 2.37. The normalized spacial score (nSPS) is 13.8. The lowest BCUT2D eigenvalue weighted by Crippen LogP contribution is -2.35. The van der Waals surface area contributed by atoms with Gasteiger partial charge in [-0.3, -0.25) is 19.3 Å². The van der Waals surface area contributed by atoms with Crippen LogP contribution in [0.25, 0.3) is 0 Å². The molecule has 1 aliphatic rings. The number of hydrogen-bond acceptors (Lipinski definition) is 4. The molecule has 18 heavy (non-hydrogen) atoms. The van der Waals surface area contributed by atoms with Crippen molar-refractivity contribution in [2.75, 3.05) is 18.6 Å². The van der Waals surface area contributed by atoms with Gasteiger partial charge in [-0.1, -0.05) is 11.6 Å². The minimum absolute atomic E-state index is 0.0182. The maximum atomic E-state index is 13.3. The van der Waals surface area contributed by atoms with Crippen molar-refractivity contribution in [1.82, 2.24) is 0 Å². The Morgan fingerprint density at radius 1 is 1.44 bits per heavy atom. The number of ketones is 1. The molecule has 1 aromatic rings. The van der Waals surface area contributed by atoms with Gasteiger partial charge in [0.1, 0.15) is 12.4 Å². The lowest BCUT2D eigenvalue weighted by molar-refractivity contribution is -0.139. The summed E-state index contributed by atoms with van der Waals surface area (Å²) in [4.78, 5) is 35.3. The fourth-order valence-electron chi connectivity index (χ4n) is 1.64. The summed E-state index contributed by atoms with van der Waals surface area (Å²) in [5.41, 5.74) is 0.00704. The van der Waals surface area contributed by atoms with Crippen LogP contribution in [0.5, 0.6) is 0 Å². The first kappa shape index (κ1) is 12.5. The van der Waals surface area contributed by atoms with Gasteiger partial charge in [-0.2, -0.15) is 0 Å². The van der Waals surface area contributed by atoms with E-state index >= 15 is 0 Å². The highest BCUT2D eigenvalue weighted by Crippen LogP contribution is 2.32. The molecule has 0 atom stereocenters. The molecule has 94 valence electrons. The van der Waals surface area contributed by atoms with Crippen LogP contribution >= 0.6 is 11.6 Å². The summed E-state index contributed by atoms with van der Waals surface area (Å²) >= 11 is 5.54. The number of esters is 1. The maximum Gasteiger partial charge on any atom is 0.325 e. The van der Waals surface area contributed by atoms with Gasteiger partial charge < -0.3 is 4.74 Å². The predicted octanol–water partition coefficient (Wildman–Crippen LogP) is 1.18. The Morgan fingerprint density at radius 2 is 2.11 bits per heavy atom. The van der Waals surface area contributed by atoms with Crippen molar-refractivity contribution >= 4 is 34.9 Å². The number of halogens is 2. The van der Waals surface area contributed by atoms with Gasteiger partial charge in [-0.25, -0.2) is 4.39 Å². The molecule has 0 saturated carbocycles. The van der Waals surface area contributed by atoms with Crippen LogP contribution < -0.4 is 4.90 Å². The average Bonchev–Trinajstić information content (AvgIpc) is 2.56. The van der Waals surface area contributed by atoms with Crippen molar-refractivity contribution in [3.8, 4) is 0 Å². The molecule has 2 rings (SSSR count). The lowest BCUT2D eigenvalue weighted by atomic mass is 10.1. The molecule has 0 radical (unpaired) electrons. The topological polar surface area (TPSA) is 63.7 Å². The summed E-state index contributed by atoms with van der Waals surface area (Å²) in [6, 6.07) is 2.02. The number of amides is 1. The van der Waals surface area contributed by atoms with Crippen molar-refractivity contribution in [3.05, 3.63) is 28.5 Å². The zero-order valence-electron chi connectivity index (χ0n) is 9.20. The predicted molar refractivity (Wildman–Crippen MR) is 60.1 cm³/mol. The lowest BCUT2D eigenvalue weighted by Gasteiger charge is -2.14. The Kier molecular flexibility index (Phi) is 3.04. The molecule has 0 bridgehead atoms. The van der Waals surface area contributed by atoms with Crippen LogP contribution in [-0.2, 0) is 14.3 Å². The number of ether oxygens (including phenoxy) is 1. The van der Waals surface area contributed by atoms with Gasteiger partial charge in [0.2, 0.25) is 0 Å². The third-order valence-corrected chi connectivity index (χ3v) is 2.82. The fraction of sp³-hybridized carbons (Fsp3) is 0.182. The smallest absolute Gasteiger partial charge is 0.325 e. The number of nitrogens with zero attached hydrogens (tertiary/aromatic N) is 1. The van der Waals surface area contributed by atoms with Crippen molar-refractivity contribution in [1.29, 1.82) is 0 Å². The van der Waals surface area contributed by atoms with E-state index in [0.717, 1.165) is 24.1 Å². The Bertz CT molecular complexity index is 572. The number of methoxy groups -OCH3 is 1. The zero-order chi connectivity index (χ0) is 13.4. The standard InChI is InChI=1S/C11H7ClFNO4/c1-18-9(15)4-14-8-3-7(13)6(12)2-5(8)10(16)11(14)17/h2-3H,4H2,1H3. The number of fused-ring (bicyclic) bond motifs is 1. The summed E-state index contributed by atoms with van der Waals surface area (Å²) in [5, 5.41) is -0.255. The van der Waals surface area contributed by atoms with Crippen molar-refractivity contribution < 1.29 is 23.5 Å². The molecule has 1 aromatic carbocycles. The van der Waals surface area contributed by atoms with E-state index in [1.54, 1.807) is 0 Å². The number of rotatable bonds is 2. The van der Waals surface area contributed by atoms with E-state index in [1.165, 1.54) is 0 Å². The number of benzene rings is 1. The molecule has 0 aliphatic carbocycles. The van der Waals surface area contributed by atoms with Crippen LogP contribution in [0.15, 0.2) is 12.1 Å². The number of Topliss-reactive ketones (excluding diaryl/α,β-unsaturated/α-hetero) is 1. The summed E-state index contributed by atoms with van der Waals surface area (Å²) in [5.74, 6) is -3.21. The van der Waals surface area contributed by atoms with Crippen molar-refractivity contribution in [2.24, 2.45) is 0 Å². The molecular weight excluding hydrogens is 265 g/mol. The quantitative estimate of drug-likeness (QED) is 0.598. The first-order valence-corrected chi connectivity index (χ1v) is 5.25. The summed E-state index contributed by atoms with van der Waals surface area (Å²) in [6.07, 6.45) is 0. The molecule has 0 aromatic heterocycles. The molecule has 1 aliphatic heterocycles. The highest BCUT2D eigenvalue weighted by atomic mass is 35.5. The molecule has 1 heterocycles. The highest BCUT2D eigenvalue weighted by molar-refractivity contribution is 6.53. The zero-order valence-corrected chi connectivity index (χ0v) is 9.95. The van der Waals surface area contributed by atoms with Crippen LogP contribution in [0.3, 0.4) is 0 Å². The average molecular weight is 272 g/mol. The van der Waals surface area contributed by atoms with Gasteiger partial charge in [0, 0.05) is 0 Å². The van der Waals surface area contributed by atoms with Gasteiger partial charge in [0.25, 0.3) is 11.7 Å². The second-order valence-electron chi connectivity index (χ2n) is 3.58. The van der Waals surface area contributed by atoms with Gasteiger partial charge in [0.15, 0.2) is 0 Å². The van der Waals surface area contributed by atoms with Crippen LogP contribution in [-0.4, -0.2) is 31.3 Å². The largest absolute Gasteiger partial charge is 0.468 e. The second-order valence-corrected chi connectivity index (χ2v) is 3.99. The fourth-order valence-corrected chi connectivity index (χ4v) is 1.80. The van der Waals surface area contributed by atoms with E-state index in [1.807, 2.05) is 0 Å². The van der Waals surface area contributed by atoms with Crippen LogP contribution in [0.4, 0.5) is 10.1 Å². The van der Waals surface area contributed by atoms with E-state index in [4.69, 9.17) is 11.6 Å². The minimum atomic E-state index is -0.905. The molecule has 0 unspecified atom stereocenters. The van der Waals surface area contributed by atoms with Crippen LogP contribution in [0.1, 0.15) is 10.4 Å². The summed E-state index contributed by atoms with van der Waals surface area (Å²) < 4.78 is 17.7. The van der Waals surface area contributed by atoms with Gasteiger partial charge >= 0.3 is 5.97 Å². The molecule has 0 N–H and O–H groups in total. The number of anilines is 1. The van der Waals surface area contributed by atoms with Gasteiger partial charge in [-0.05, 0) is 12.1 Å². The first-order chi connectivity index (χ1) is 8.45. The Hall–Kier alpha value is -1.95. The summed E-state index contributed by atoms with van der Waals surface area (Å²) in [6.45, 7) is -0.449. The van der Waals surface area contributed by atoms with Crippen molar-refractivity contribution in [3.63, 3.8) is 0 Å².